The monoisotopic (exact) mass is 534 g/mol. The molecule has 1 saturated carbocycles. The van der Waals surface area contributed by atoms with E-state index in [-0.39, 0.29) is 11.9 Å². The van der Waals surface area contributed by atoms with E-state index < -0.39 is 0 Å². The molecule has 0 bridgehead atoms. The summed E-state index contributed by atoms with van der Waals surface area (Å²) in [5, 5.41) is 8.58. The number of nitrogens with one attached hydrogen (secondary N) is 2. The molecular weight excluding hydrogens is 508 g/mol. The highest BCUT2D eigenvalue weighted by atomic mass is 32.1. The highest BCUT2D eigenvalue weighted by Gasteiger charge is 2.18. The zero-order valence-electron chi connectivity index (χ0n) is 21.4. The zero-order chi connectivity index (χ0) is 26.3. The first-order valence-corrected chi connectivity index (χ1v) is 14.0. The van der Waals surface area contributed by atoms with Gasteiger partial charge in [-0.3, -0.25) is 19.9 Å². The number of hydrogen-bond donors (Lipinski definition) is 2. The first kappa shape index (κ1) is 23.7. The van der Waals surface area contributed by atoms with Crippen LogP contribution >= 0.6 is 11.3 Å². The molecule has 0 unspecified atom stereocenters. The Balaban J connectivity index is 1.25. The SMILES string of the molecule is CC(=O)c1ccc(-c2cccc3[nH]c(-c4n[nH]c5cnc(-c6cncc(OC7CCCCC7)c6)cc45)nc23)s1. The molecule has 0 saturated heterocycles. The lowest BCUT2D eigenvalue weighted by Crippen LogP contribution is -2.19. The average Bonchev–Trinajstić information content (AvgIpc) is 3.71. The molecule has 1 aliphatic carbocycles. The zero-order valence-corrected chi connectivity index (χ0v) is 22.2. The van der Waals surface area contributed by atoms with E-state index in [0.717, 1.165) is 67.1 Å². The van der Waals surface area contributed by atoms with Gasteiger partial charge in [-0.15, -0.1) is 11.3 Å². The largest absolute Gasteiger partial charge is 0.489 e. The summed E-state index contributed by atoms with van der Waals surface area (Å²) in [7, 11) is 0. The van der Waals surface area contributed by atoms with Gasteiger partial charge in [0.05, 0.1) is 45.6 Å². The van der Waals surface area contributed by atoms with Crippen molar-refractivity contribution >= 4 is 39.1 Å². The summed E-state index contributed by atoms with van der Waals surface area (Å²) in [6, 6.07) is 13.9. The molecule has 0 aliphatic heterocycles. The summed E-state index contributed by atoms with van der Waals surface area (Å²) in [6.45, 7) is 1.59. The molecular formula is C30H26N6O2S. The van der Waals surface area contributed by atoms with E-state index in [9.17, 15) is 4.79 Å². The fourth-order valence-corrected chi connectivity index (χ4v) is 6.20. The Morgan fingerprint density at radius 3 is 2.77 bits per heavy atom. The van der Waals surface area contributed by atoms with Gasteiger partial charge in [-0.25, -0.2) is 4.98 Å². The van der Waals surface area contributed by atoms with Crippen molar-refractivity contribution < 1.29 is 9.53 Å². The fraction of sp³-hybridized carbons (Fsp3) is 0.233. The number of H-pyrrole nitrogens is 2. The van der Waals surface area contributed by atoms with E-state index in [1.807, 2.05) is 48.7 Å². The Bertz CT molecular complexity index is 1830. The van der Waals surface area contributed by atoms with E-state index in [0.29, 0.717) is 11.5 Å². The third-order valence-corrected chi connectivity index (χ3v) is 8.49. The molecule has 5 heterocycles. The highest BCUT2D eigenvalue weighted by molar-refractivity contribution is 7.17. The molecule has 0 spiro atoms. The number of aromatic nitrogens is 6. The van der Waals surface area contributed by atoms with E-state index in [2.05, 4.69) is 25.1 Å². The number of rotatable bonds is 6. The third-order valence-electron chi connectivity index (χ3n) is 7.27. The van der Waals surface area contributed by atoms with Crippen LogP contribution < -0.4 is 4.74 Å². The Hall–Kier alpha value is -4.37. The van der Waals surface area contributed by atoms with Crippen LogP contribution in [0.25, 0.3) is 55.2 Å². The molecule has 2 N–H and O–H groups in total. The number of para-hydroxylation sites is 1. The average molecular weight is 535 g/mol. The number of hydrogen-bond acceptors (Lipinski definition) is 7. The van der Waals surface area contributed by atoms with Gasteiger partial charge in [0.25, 0.3) is 0 Å². The number of carbonyl (C=O) groups excluding carboxylic acids is 1. The topological polar surface area (TPSA) is 109 Å². The number of pyridine rings is 2. The van der Waals surface area contributed by atoms with Gasteiger partial charge in [0.2, 0.25) is 0 Å². The smallest absolute Gasteiger partial charge is 0.169 e. The quantitative estimate of drug-likeness (QED) is 0.219. The maximum atomic E-state index is 11.8. The Labute approximate surface area is 228 Å². The second-order valence-electron chi connectivity index (χ2n) is 9.98. The van der Waals surface area contributed by atoms with Crippen molar-refractivity contribution in [1.29, 1.82) is 0 Å². The number of nitrogens with zero attached hydrogens (tertiary/aromatic N) is 4. The van der Waals surface area contributed by atoms with Crippen LogP contribution in [0.3, 0.4) is 0 Å². The van der Waals surface area contributed by atoms with Gasteiger partial charge in [-0.1, -0.05) is 18.6 Å². The number of Topliss-reactive ketones (excluding diaryl/α,β-unsaturated/α-hetero) is 1. The first-order chi connectivity index (χ1) is 19.1. The molecule has 7 rings (SSSR count). The molecule has 0 radical (unpaired) electrons. The van der Waals surface area contributed by atoms with Gasteiger partial charge in [0.15, 0.2) is 11.6 Å². The Morgan fingerprint density at radius 1 is 1.03 bits per heavy atom. The second kappa shape index (κ2) is 9.74. The number of imidazole rings is 1. The van der Waals surface area contributed by atoms with Crippen LogP contribution in [0.15, 0.2) is 61.1 Å². The number of aromatic amines is 2. The summed E-state index contributed by atoms with van der Waals surface area (Å²) in [6.07, 6.45) is 11.5. The lowest BCUT2D eigenvalue weighted by Gasteiger charge is -2.22. The number of fused-ring (bicyclic) bond motifs is 2. The van der Waals surface area contributed by atoms with Crippen LogP contribution in [0.4, 0.5) is 0 Å². The van der Waals surface area contributed by atoms with Crippen molar-refractivity contribution in [3.8, 4) is 39.0 Å². The summed E-state index contributed by atoms with van der Waals surface area (Å²) in [4.78, 5) is 31.0. The van der Waals surface area contributed by atoms with E-state index in [1.165, 1.54) is 30.6 Å². The normalized spacial score (nSPS) is 14.3. The van der Waals surface area contributed by atoms with E-state index in [4.69, 9.17) is 9.72 Å². The third kappa shape index (κ3) is 4.48. The molecule has 9 heteroatoms. The van der Waals surface area contributed by atoms with Gasteiger partial charge in [0, 0.05) is 27.6 Å². The maximum Gasteiger partial charge on any atom is 0.169 e. The second-order valence-corrected chi connectivity index (χ2v) is 11.1. The summed E-state index contributed by atoms with van der Waals surface area (Å²) < 4.78 is 6.24. The molecule has 39 heavy (non-hydrogen) atoms. The molecule has 8 nitrogen and oxygen atoms in total. The molecule has 1 aliphatic rings. The van der Waals surface area contributed by atoms with Crippen molar-refractivity contribution in [3.63, 3.8) is 0 Å². The number of thiophene rings is 1. The van der Waals surface area contributed by atoms with Crippen molar-refractivity contribution in [2.75, 3.05) is 0 Å². The molecule has 1 fully saturated rings. The van der Waals surface area contributed by atoms with Crippen LogP contribution in [0, 0.1) is 0 Å². The van der Waals surface area contributed by atoms with Crippen LogP contribution in [0.2, 0.25) is 0 Å². The Morgan fingerprint density at radius 2 is 1.92 bits per heavy atom. The van der Waals surface area contributed by atoms with Crippen molar-refractivity contribution in [3.05, 3.63) is 65.9 Å². The van der Waals surface area contributed by atoms with E-state index in [1.54, 1.807) is 19.3 Å². The fourth-order valence-electron chi connectivity index (χ4n) is 5.27. The molecule has 0 amide bonds. The summed E-state index contributed by atoms with van der Waals surface area (Å²) in [5.74, 6) is 1.51. The number of ketones is 1. The first-order valence-electron chi connectivity index (χ1n) is 13.2. The number of carbonyl (C=O) groups is 1. The number of benzene rings is 1. The minimum absolute atomic E-state index is 0.0647. The van der Waals surface area contributed by atoms with Crippen LogP contribution in [0.5, 0.6) is 5.75 Å². The van der Waals surface area contributed by atoms with Gasteiger partial charge in [-0.2, -0.15) is 5.10 Å². The van der Waals surface area contributed by atoms with E-state index >= 15 is 0 Å². The van der Waals surface area contributed by atoms with Crippen LogP contribution in [-0.2, 0) is 0 Å². The van der Waals surface area contributed by atoms with Gasteiger partial charge in [-0.05, 0) is 62.9 Å². The summed E-state index contributed by atoms with van der Waals surface area (Å²) in [5.41, 5.74) is 5.95. The molecule has 194 valence electrons. The minimum Gasteiger partial charge on any atom is -0.489 e. The molecule has 5 aromatic heterocycles. The van der Waals surface area contributed by atoms with Crippen LogP contribution in [0.1, 0.15) is 48.7 Å². The maximum absolute atomic E-state index is 11.8. The lowest BCUT2D eigenvalue weighted by molar-refractivity contribution is 0.102. The predicted octanol–water partition coefficient (Wildman–Crippen LogP) is 7.21. The van der Waals surface area contributed by atoms with Crippen LogP contribution in [-0.4, -0.2) is 42.0 Å². The van der Waals surface area contributed by atoms with Gasteiger partial charge >= 0.3 is 0 Å². The predicted molar refractivity (Wildman–Crippen MR) is 153 cm³/mol. The standard InChI is InChI=1S/C30H26N6O2S/c1-17(37)26-10-11-27(39-26)21-8-5-9-23-28(21)34-30(33-23)29-22-13-24(32-16-25(22)35-36-29)18-12-20(15-31-14-18)38-19-6-3-2-4-7-19/h5,8-16,19H,2-4,6-7H2,1H3,(H,33,34)(H,35,36). The summed E-state index contributed by atoms with van der Waals surface area (Å²) >= 11 is 1.48. The van der Waals surface area contributed by atoms with Gasteiger partial charge in [0.1, 0.15) is 11.4 Å². The number of ether oxygens (including phenoxy) is 1. The van der Waals surface area contributed by atoms with Crippen molar-refractivity contribution in [2.24, 2.45) is 0 Å². The molecule has 0 atom stereocenters. The lowest BCUT2D eigenvalue weighted by atomic mass is 9.98. The highest BCUT2D eigenvalue weighted by Crippen LogP contribution is 2.36. The molecule has 6 aromatic rings. The minimum atomic E-state index is 0.0647. The van der Waals surface area contributed by atoms with Crippen molar-refractivity contribution in [1.82, 2.24) is 30.1 Å². The van der Waals surface area contributed by atoms with Gasteiger partial charge < -0.3 is 9.72 Å². The Kier molecular flexibility index (Phi) is 5.93. The molecule has 1 aromatic carbocycles. The van der Waals surface area contributed by atoms with Crippen molar-refractivity contribution in [2.45, 2.75) is 45.1 Å².